The van der Waals surface area contributed by atoms with Crippen LogP contribution in [0.15, 0.2) is 30.5 Å². The van der Waals surface area contributed by atoms with E-state index in [1.165, 1.54) is 50.5 Å². The van der Waals surface area contributed by atoms with E-state index in [0.717, 1.165) is 42.3 Å². The Bertz CT molecular complexity index is 637. The van der Waals surface area contributed by atoms with Gasteiger partial charge in [-0.05, 0) is 56.0 Å². The van der Waals surface area contributed by atoms with Crippen molar-refractivity contribution in [2.75, 3.05) is 6.61 Å². The Morgan fingerprint density at radius 2 is 1.54 bits per heavy atom. The maximum Gasteiger partial charge on any atom is 0.159 e. The van der Waals surface area contributed by atoms with E-state index in [-0.39, 0.29) is 0 Å². The second-order valence-corrected chi connectivity index (χ2v) is 7.05. The second-order valence-electron chi connectivity index (χ2n) is 7.05. The third kappa shape index (κ3) is 6.78. The van der Waals surface area contributed by atoms with Crippen molar-refractivity contribution >= 4 is 0 Å². The van der Waals surface area contributed by atoms with E-state index in [1.807, 2.05) is 18.3 Å². The molecule has 0 saturated heterocycles. The molecule has 0 aliphatic carbocycles. The summed E-state index contributed by atoms with van der Waals surface area (Å²) in [6.45, 7) is 7.35. The summed E-state index contributed by atoms with van der Waals surface area (Å²) in [5.74, 6) is 1.73. The lowest BCUT2D eigenvalue weighted by Gasteiger charge is -2.09. The molecule has 3 nitrogen and oxygen atoms in total. The fourth-order valence-corrected chi connectivity index (χ4v) is 3.04. The average Bonchev–Trinajstić information content (AvgIpc) is 2.66. The van der Waals surface area contributed by atoms with Crippen LogP contribution < -0.4 is 4.74 Å². The molecule has 0 atom stereocenters. The molecule has 2 rings (SSSR count). The van der Waals surface area contributed by atoms with Gasteiger partial charge in [0.2, 0.25) is 0 Å². The van der Waals surface area contributed by atoms with Gasteiger partial charge in [-0.25, -0.2) is 9.97 Å². The molecule has 26 heavy (non-hydrogen) atoms. The predicted octanol–water partition coefficient (Wildman–Crippen LogP) is 6.53. The van der Waals surface area contributed by atoms with Crippen LogP contribution in [0.5, 0.6) is 5.75 Å². The maximum atomic E-state index is 5.81. The van der Waals surface area contributed by atoms with Gasteiger partial charge in [0.15, 0.2) is 5.82 Å². The van der Waals surface area contributed by atoms with Crippen LogP contribution in [-0.4, -0.2) is 16.6 Å². The normalized spacial score (nSPS) is 10.9. The van der Waals surface area contributed by atoms with E-state index >= 15 is 0 Å². The minimum absolute atomic E-state index is 0.793. The van der Waals surface area contributed by atoms with Crippen molar-refractivity contribution in [1.29, 1.82) is 0 Å². The standard InChI is InChI=1S/C23H34N2O/c1-4-6-8-10-12-21-18-24-23(25-19(21)3)20-13-15-22(16-14-20)26-17-11-9-7-5-2/h13-16,18H,4-12,17H2,1-3H3. The fraction of sp³-hybridized carbons (Fsp3) is 0.565. The number of nitrogens with zero attached hydrogens (tertiary/aromatic N) is 2. The predicted molar refractivity (Wildman–Crippen MR) is 110 cm³/mol. The van der Waals surface area contributed by atoms with Crippen LogP contribution in [-0.2, 0) is 6.42 Å². The lowest BCUT2D eigenvalue weighted by Crippen LogP contribution is -1.99. The summed E-state index contributed by atoms with van der Waals surface area (Å²) in [6.07, 6.45) is 13.1. The summed E-state index contributed by atoms with van der Waals surface area (Å²) in [5, 5.41) is 0. The van der Waals surface area contributed by atoms with Crippen LogP contribution in [0.3, 0.4) is 0 Å². The first kappa shape index (κ1) is 20.4. The van der Waals surface area contributed by atoms with Crippen molar-refractivity contribution in [3.05, 3.63) is 41.7 Å². The molecule has 1 heterocycles. The molecule has 0 fully saturated rings. The molecule has 0 saturated carbocycles. The maximum absolute atomic E-state index is 5.81. The van der Waals surface area contributed by atoms with Gasteiger partial charge < -0.3 is 4.74 Å². The smallest absolute Gasteiger partial charge is 0.159 e. The third-order valence-corrected chi connectivity index (χ3v) is 4.76. The zero-order valence-corrected chi connectivity index (χ0v) is 16.8. The van der Waals surface area contributed by atoms with Crippen molar-refractivity contribution in [1.82, 2.24) is 9.97 Å². The number of rotatable bonds is 12. The molecular formula is C23H34N2O. The van der Waals surface area contributed by atoms with Gasteiger partial charge in [0.05, 0.1) is 6.61 Å². The van der Waals surface area contributed by atoms with Crippen LogP contribution >= 0.6 is 0 Å². The molecular weight excluding hydrogens is 320 g/mol. The van der Waals surface area contributed by atoms with Crippen LogP contribution in [0.2, 0.25) is 0 Å². The fourth-order valence-electron chi connectivity index (χ4n) is 3.04. The summed E-state index contributed by atoms with van der Waals surface area (Å²) in [7, 11) is 0. The van der Waals surface area contributed by atoms with Crippen LogP contribution in [0, 0.1) is 6.92 Å². The van der Waals surface area contributed by atoms with Crippen molar-refractivity contribution in [2.45, 2.75) is 78.6 Å². The molecule has 0 spiro atoms. The Balaban J connectivity index is 1.88. The van der Waals surface area contributed by atoms with Gasteiger partial charge in [-0.1, -0.05) is 52.4 Å². The average molecular weight is 355 g/mol. The Labute approximate surface area is 159 Å². The molecule has 1 aromatic carbocycles. The largest absolute Gasteiger partial charge is 0.494 e. The van der Waals surface area contributed by atoms with Crippen molar-refractivity contribution in [3.8, 4) is 17.1 Å². The second kappa shape index (κ2) is 11.7. The van der Waals surface area contributed by atoms with Crippen LogP contribution in [0.1, 0.15) is 76.5 Å². The number of aryl methyl sites for hydroxylation is 2. The molecule has 2 aromatic rings. The third-order valence-electron chi connectivity index (χ3n) is 4.76. The molecule has 142 valence electrons. The molecule has 0 N–H and O–H groups in total. The van der Waals surface area contributed by atoms with E-state index in [9.17, 15) is 0 Å². The summed E-state index contributed by atoms with van der Waals surface area (Å²) in [5.41, 5.74) is 3.42. The van der Waals surface area contributed by atoms with Gasteiger partial charge in [0.25, 0.3) is 0 Å². The minimum Gasteiger partial charge on any atom is -0.494 e. The van der Waals surface area contributed by atoms with E-state index in [2.05, 4.69) is 37.9 Å². The number of hydrogen-bond acceptors (Lipinski definition) is 3. The first-order chi connectivity index (χ1) is 12.7. The first-order valence-corrected chi connectivity index (χ1v) is 10.3. The number of hydrogen-bond donors (Lipinski definition) is 0. The minimum atomic E-state index is 0.793. The van der Waals surface area contributed by atoms with Gasteiger partial charge in [0.1, 0.15) is 5.75 Å². The Morgan fingerprint density at radius 3 is 2.19 bits per heavy atom. The Hall–Kier alpha value is -1.90. The van der Waals surface area contributed by atoms with Crippen molar-refractivity contribution in [2.24, 2.45) is 0 Å². The lowest BCUT2D eigenvalue weighted by atomic mass is 10.1. The van der Waals surface area contributed by atoms with E-state index in [1.54, 1.807) is 0 Å². The molecule has 1 aromatic heterocycles. The highest BCUT2D eigenvalue weighted by Gasteiger charge is 2.06. The summed E-state index contributed by atoms with van der Waals surface area (Å²) < 4.78 is 5.81. The molecule has 0 unspecified atom stereocenters. The number of aromatic nitrogens is 2. The molecule has 3 heteroatoms. The lowest BCUT2D eigenvalue weighted by molar-refractivity contribution is 0.305. The SMILES string of the molecule is CCCCCCOc1ccc(-c2ncc(CCCCCC)c(C)n2)cc1. The highest BCUT2D eigenvalue weighted by Crippen LogP contribution is 2.21. The Morgan fingerprint density at radius 1 is 0.846 bits per heavy atom. The van der Waals surface area contributed by atoms with Gasteiger partial charge in [-0.2, -0.15) is 0 Å². The van der Waals surface area contributed by atoms with Crippen LogP contribution in [0.4, 0.5) is 0 Å². The molecule has 0 amide bonds. The molecule has 0 bridgehead atoms. The van der Waals surface area contributed by atoms with Gasteiger partial charge in [-0.15, -0.1) is 0 Å². The van der Waals surface area contributed by atoms with E-state index < -0.39 is 0 Å². The van der Waals surface area contributed by atoms with Gasteiger partial charge >= 0.3 is 0 Å². The van der Waals surface area contributed by atoms with Gasteiger partial charge in [0, 0.05) is 17.5 Å². The number of unbranched alkanes of at least 4 members (excludes halogenated alkanes) is 6. The zero-order chi connectivity index (χ0) is 18.6. The zero-order valence-electron chi connectivity index (χ0n) is 16.8. The number of ether oxygens (including phenoxy) is 1. The molecule has 0 aliphatic heterocycles. The quantitative estimate of drug-likeness (QED) is 0.406. The highest BCUT2D eigenvalue weighted by atomic mass is 16.5. The summed E-state index contributed by atoms with van der Waals surface area (Å²) in [4.78, 5) is 9.30. The molecule has 0 aliphatic rings. The highest BCUT2D eigenvalue weighted by molar-refractivity contribution is 5.56. The molecule has 0 radical (unpaired) electrons. The number of benzene rings is 1. The van der Waals surface area contributed by atoms with E-state index in [0.29, 0.717) is 0 Å². The summed E-state index contributed by atoms with van der Waals surface area (Å²) >= 11 is 0. The van der Waals surface area contributed by atoms with Crippen molar-refractivity contribution < 1.29 is 4.74 Å². The topological polar surface area (TPSA) is 35.0 Å². The van der Waals surface area contributed by atoms with Crippen molar-refractivity contribution in [3.63, 3.8) is 0 Å². The van der Waals surface area contributed by atoms with E-state index in [4.69, 9.17) is 9.72 Å². The van der Waals surface area contributed by atoms with Crippen LogP contribution in [0.25, 0.3) is 11.4 Å². The first-order valence-electron chi connectivity index (χ1n) is 10.3. The van der Waals surface area contributed by atoms with Gasteiger partial charge in [-0.3, -0.25) is 0 Å². The monoisotopic (exact) mass is 354 g/mol. The summed E-state index contributed by atoms with van der Waals surface area (Å²) in [6, 6.07) is 8.15. The Kier molecular flexibility index (Phi) is 9.16.